The largest absolute Gasteiger partial charge is 0.272 e. The molecule has 0 aromatic carbocycles. The van der Waals surface area contributed by atoms with Crippen molar-refractivity contribution in [2.75, 3.05) is 6.54 Å². The maximum atomic E-state index is 11.9. The summed E-state index contributed by atoms with van der Waals surface area (Å²) in [7, 11) is 0. The van der Waals surface area contributed by atoms with Gasteiger partial charge >= 0.3 is 0 Å². The van der Waals surface area contributed by atoms with E-state index < -0.39 is 0 Å². The van der Waals surface area contributed by atoms with Crippen LogP contribution in [-0.2, 0) is 4.79 Å². The van der Waals surface area contributed by atoms with Gasteiger partial charge in [-0.1, -0.05) is 12.8 Å². The lowest BCUT2D eigenvalue weighted by atomic mass is 9.98. The zero-order valence-electron chi connectivity index (χ0n) is 8.78. The van der Waals surface area contributed by atoms with E-state index in [1.54, 1.807) is 0 Å². The first kappa shape index (κ1) is 10.2. The number of nitrogens with zero attached hydrogens (tertiary/aromatic N) is 3. The van der Waals surface area contributed by atoms with Crippen LogP contribution in [0.4, 0.5) is 0 Å². The van der Waals surface area contributed by atoms with Crippen molar-refractivity contribution >= 4 is 11.6 Å². The topological polar surface area (TPSA) is 56.5 Å². The van der Waals surface area contributed by atoms with Gasteiger partial charge < -0.3 is 0 Å². The Balaban J connectivity index is 2.06. The van der Waals surface area contributed by atoms with Gasteiger partial charge in [0.05, 0.1) is 30.7 Å². The van der Waals surface area contributed by atoms with Crippen LogP contribution in [0, 0.1) is 17.2 Å². The highest BCUT2D eigenvalue weighted by Gasteiger charge is 2.35. The van der Waals surface area contributed by atoms with E-state index in [0.29, 0.717) is 13.0 Å². The molecule has 15 heavy (non-hydrogen) atoms. The number of rotatable bonds is 2. The summed E-state index contributed by atoms with van der Waals surface area (Å²) in [5.41, 5.74) is 1.05. The fourth-order valence-electron chi connectivity index (χ4n) is 2.26. The number of hydrogen-bond donors (Lipinski definition) is 0. The van der Waals surface area contributed by atoms with Crippen molar-refractivity contribution in [3.05, 3.63) is 0 Å². The fourth-order valence-corrected chi connectivity index (χ4v) is 2.26. The number of hydrogen-bond acceptors (Lipinski definition) is 3. The number of nitriles is 1. The van der Waals surface area contributed by atoms with Crippen LogP contribution < -0.4 is 0 Å². The molecule has 1 saturated carbocycles. The molecular formula is C11H15N3O. The summed E-state index contributed by atoms with van der Waals surface area (Å²) in [6.07, 6.45) is 5.76. The first-order valence-electron chi connectivity index (χ1n) is 5.58. The van der Waals surface area contributed by atoms with Crippen molar-refractivity contribution in [3.8, 4) is 6.07 Å². The maximum absolute atomic E-state index is 11.9. The van der Waals surface area contributed by atoms with E-state index >= 15 is 0 Å². The SMILES string of the molecule is N#CCCN1N=C2CCCCCC2C1=O. The Bertz CT molecular complexity index is 329. The van der Waals surface area contributed by atoms with Crippen molar-refractivity contribution < 1.29 is 4.79 Å². The number of fused-ring (bicyclic) bond motifs is 1. The van der Waals surface area contributed by atoms with Gasteiger partial charge in [0.25, 0.3) is 5.91 Å². The van der Waals surface area contributed by atoms with Crippen LogP contribution >= 0.6 is 0 Å². The highest BCUT2D eigenvalue weighted by molar-refractivity contribution is 6.08. The summed E-state index contributed by atoms with van der Waals surface area (Å²) in [5, 5.41) is 14.3. The van der Waals surface area contributed by atoms with E-state index in [1.807, 2.05) is 6.07 Å². The van der Waals surface area contributed by atoms with Crippen LogP contribution in [0.1, 0.15) is 38.5 Å². The minimum Gasteiger partial charge on any atom is -0.272 e. The molecule has 0 N–H and O–H groups in total. The fraction of sp³-hybridized carbons (Fsp3) is 0.727. The van der Waals surface area contributed by atoms with Gasteiger partial charge in [-0.25, -0.2) is 5.01 Å². The highest BCUT2D eigenvalue weighted by Crippen LogP contribution is 2.27. The van der Waals surface area contributed by atoms with Gasteiger partial charge in [-0.3, -0.25) is 4.79 Å². The molecule has 1 unspecified atom stereocenters. The molecule has 0 aromatic rings. The van der Waals surface area contributed by atoms with Crippen molar-refractivity contribution in [1.82, 2.24) is 5.01 Å². The third-order valence-electron chi connectivity index (χ3n) is 3.07. The van der Waals surface area contributed by atoms with Gasteiger partial charge in [0.1, 0.15) is 0 Å². The first-order valence-corrected chi connectivity index (χ1v) is 5.58. The molecule has 80 valence electrons. The molecule has 0 bridgehead atoms. The Hall–Kier alpha value is -1.37. The zero-order chi connectivity index (χ0) is 10.7. The van der Waals surface area contributed by atoms with Gasteiger partial charge in [-0.05, 0) is 19.3 Å². The lowest BCUT2D eigenvalue weighted by Crippen LogP contribution is -2.27. The molecule has 1 heterocycles. The van der Waals surface area contributed by atoms with Crippen LogP contribution in [0.2, 0.25) is 0 Å². The average molecular weight is 205 g/mol. The van der Waals surface area contributed by atoms with Crippen LogP contribution in [0.5, 0.6) is 0 Å². The van der Waals surface area contributed by atoms with Crippen molar-refractivity contribution in [3.63, 3.8) is 0 Å². The quantitative estimate of drug-likeness (QED) is 0.688. The second kappa shape index (κ2) is 4.43. The molecule has 4 heteroatoms. The van der Waals surface area contributed by atoms with E-state index in [0.717, 1.165) is 31.4 Å². The van der Waals surface area contributed by atoms with Gasteiger partial charge in [-0.15, -0.1) is 0 Å². The predicted molar refractivity (Wildman–Crippen MR) is 56.0 cm³/mol. The van der Waals surface area contributed by atoms with Crippen LogP contribution in [0.25, 0.3) is 0 Å². The molecule has 2 rings (SSSR count). The monoisotopic (exact) mass is 205 g/mol. The Kier molecular flexibility index (Phi) is 3.00. The third-order valence-corrected chi connectivity index (χ3v) is 3.07. The number of carbonyl (C=O) groups excluding carboxylic acids is 1. The molecular weight excluding hydrogens is 190 g/mol. The Morgan fingerprint density at radius 1 is 1.47 bits per heavy atom. The van der Waals surface area contributed by atoms with Gasteiger partial charge in [0, 0.05) is 0 Å². The molecule has 0 saturated heterocycles. The Morgan fingerprint density at radius 3 is 3.13 bits per heavy atom. The summed E-state index contributed by atoms with van der Waals surface area (Å²) in [4.78, 5) is 11.9. The third kappa shape index (κ3) is 2.01. The number of carbonyl (C=O) groups is 1. The van der Waals surface area contributed by atoms with E-state index in [9.17, 15) is 4.79 Å². The Morgan fingerprint density at radius 2 is 2.33 bits per heavy atom. The lowest BCUT2D eigenvalue weighted by Gasteiger charge is -2.11. The van der Waals surface area contributed by atoms with E-state index in [4.69, 9.17) is 5.26 Å². The van der Waals surface area contributed by atoms with Crippen LogP contribution in [0.15, 0.2) is 5.10 Å². The molecule has 4 nitrogen and oxygen atoms in total. The van der Waals surface area contributed by atoms with Crippen molar-refractivity contribution in [1.29, 1.82) is 5.26 Å². The summed E-state index contributed by atoms with van der Waals surface area (Å²) in [6, 6.07) is 2.05. The number of hydrazone groups is 1. The second-order valence-electron chi connectivity index (χ2n) is 4.11. The Labute approximate surface area is 89.6 Å². The molecule has 1 atom stereocenters. The number of amides is 1. The molecule has 1 fully saturated rings. The predicted octanol–water partition coefficient (Wildman–Crippen LogP) is 1.68. The minimum absolute atomic E-state index is 0.0335. The smallest absolute Gasteiger partial charge is 0.251 e. The first-order chi connectivity index (χ1) is 7.33. The maximum Gasteiger partial charge on any atom is 0.251 e. The van der Waals surface area contributed by atoms with E-state index in [-0.39, 0.29) is 11.8 Å². The van der Waals surface area contributed by atoms with Gasteiger partial charge in [0.2, 0.25) is 0 Å². The van der Waals surface area contributed by atoms with Crippen LogP contribution in [-0.4, -0.2) is 23.2 Å². The van der Waals surface area contributed by atoms with Gasteiger partial charge in [0.15, 0.2) is 0 Å². The van der Waals surface area contributed by atoms with E-state index in [1.165, 1.54) is 11.4 Å². The lowest BCUT2D eigenvalue weighted by molar-refractivity contribution is -0.131. The molecule has 0 aromatic heterocycles. The molecule has 2 aliphatic rings. The molecule has 0 spiro atoms. The molecule has 0 radical (unpaired) electrons. The average Bonchev–Trinajstić information content (AvgIpc) is 2.44. The van der Waals surface area contributed by atoms with Crippen LogP contribution in [0.3, 0.4) is 0 Å². The summed E-state index contributed by atoms with van der Waals surface area (Å²) >= 11 is 0. The summed E-state index contributed by atoms with van der Waals surface area (Å²) in [5.74, 6) is 0.147. The minimum atomic E-state index is 0.0335. The highest BCUT2D eigenvalue weighted by atomic mass is 16.2. The summed E-state index contributed by atoms with van der Waals surface area (Å²) in [6.45, 7) is 0.454. The molecule has 1 aliphatic heterocycles. The second-order valence-corrected chi connectivity index (χ2v) is 4.11. The van der Waals surface area contributed by atoms with E-state index in [2.05, 4.69) is 5.10 Å². The molecule has 1 amide bonds. The normalized spacial score (nSPS) is 25.5. The standard InChI is InChI=1S/C11H15N3O/c12-7-4-8-14-11(15)9-5-2-1-3-6-10(9)13-14/h9H,1-6,8H2. The molecule has 1 aliphatic carbocycles. The zero-order valence-corrected chi connectivity index (χ0v) is 8.78. The van der Waals surface area contributed by atoms with Crippen molar-refractivity contribution in [2.24, 2.45) is 11.0 Å². The van der Waals surface area contributed by atoms with Gasteiger partial charge in [-0.2, -0.15) is 10.4 Å². The van der Waals surface area contributed by atoms with Crippen molar-refractivity contribution in [2.45, 2.75) is 38.5 Å². The summed E-state index contributed by atoms with van der Waals surface area (Å²) < 4.78 is 0.